The molecule has 0 atom stereocenters. The maximum atomic E-state index is 10.0. The Bertz CT molecular complexity index is 893. The number of aromatic nitrogens is 2. The Hall–Kier alpha value is -2.53. The molecule has 0 amide bonds. The Kier molecular flexibility index (Phi) is 3.86. The summed E-state index contributed by atoms with van der Waals surface area (Å²) in [5.41, 5.74) is 1.36. The number of phenolic OH excluding ortho intramolecular Hbond substituents is 1. The van der Waals surface area contributed by atoms with Crippen molar-refractivity contribution in [1.29, 1.82) is 0 Å². The number of anilines is 3. The molecule has 0 bridgehead atoms. The summed E-state index contributed by atoms with van der Waals surface area (Å²) in [5.74, 6) is 1.49. The number of hydrogen-bond donors (Lipinski definition) is 2. The third-order valence-electron chi connectivity index (χ3n) is 4.19. The van der Waals surface area contributed by atoms with Gasteiger partial charge in [0.05, 0.1) is 11.2 Å². The van der Waals surface area contributed by atoms with Gasteiger partial charge in [-0.05, 0) is 43.2 Å². The molecule has 122 valence electrons. The van der Waals surface area contributed by atoms with Crippen molar-refractivity contribution in [2.75, 3.05) is 23.3 Å². The molecule has 4 rings (SSSR count). The molecule has 0 unspecified atom stereocenters. The predicted octanol–water partition coefficient (Wildman–Crippen LogP) is 4.33. The first-order valence-electron chi connectivity index (χ1n) is 7.98. The number of phenols is 1. The molecular weight excluding hydrogens is 324 g/mol. The van der Waals surface area contributed by atoms with Gasteiger partial charge >= 0.3 is 0 Å². The lowest BCUT2D eigenvalue weighted by Crippen LogP contribution is -2.20. The van der Waals surface area contributed by atoms with E-state index >= 15 is 0 Å². The van der Waals surface area contributed by atoms with Crippen LogP contribution in [0.1, 0.15) is 12.8 Å². The molecule has 2 heterocycles. The maximum absolute atomic E-state index is 10.0. The fraction of sp³-hybridized carbons (Fsp3) is 0.222. The molecule has 0 aliphatic carbocycles. The summed E-state index contributed by atoms with van der Waals surface area (Å²) in [6.45, 7) is 2.01. The van der Waals surface area contributed by atoms with Gasteiger partial charge in [0.25, 0.3) is 0 Å². The minimum Gasteiger partial charge on any atom is -0.506 e. The predicted molar refractivity (Wildman–Crippen MR) is 97.4 cm³/mol. The van der Waals surface area contributed by atoms with E-state index in [1.165, 1.54) is 12.8 Å². The van der Waals surface area contributed by atoms with Crippen molar-refractivity contribution in [2.24, 2.45) is 0 Å². The average molecular weight is 341 g/mol. The molecule has 0 saturated carbocycles. The highest BCUT2D eigenvalue weighted by Gasteiger charge is 2.18. The highest BCUT2D eigenvalue weighted by molar-refractivity contribution is 6.31. The van der Waals surface area contributed by atoms with Crippen molar-refractivity contribution in [3.63, 3.8) is 0 Å². The summed E-state index contributed by atoms with van der Waals surface area (Å²) in [4.78, 5) is 11.6. The molecule has 1 saturated heterocycles. The van der Waals surface area contributed by atoms with Crippen LogP contribution in [0.5, 0.6) is 5.75 Å². The van der Waals surface area contributed by atoms with Gasteiger partial charge in [0, 0.05) is 23.5 Å². The monoisotopic (exact) mass is 340 g/mol. The molecule has 0 spiro atoms. The zero-order valence-electron chi connectivity index (χ0n) is 13.0. The summed E-state index contributed by atoms with van der Waals surface area (Å²) in [7, 11) is 0. The van der Waals surface area contributed by atoms with Crippen LogP contribution in [0.15, 0.2) is 42.5 Å². The molecule has 1 fully saturated rings. The van der Waals surface area contributed by atoms with Crippen LogP contribution in [-0.2, 0) is 0 Å². The molecule has 3 aromatic rings. The number of halogens is 1. The molecule has 0 radical (unpaired) electrons. The molecule has 2 N–H and O–H groups in total. The van der Waals surface area contributed by atoms with E-state index in [1.54, 1.807) is 18.2 Å². The molecular formula is C18H17ClN4O. The Morgan fingerprint density at radius 1 is 1.04 bits per heavy atom. The lowest BCUT2D eigenvalue weighted by molar-refractivity contribution is 0.477. The number of rotatable bonds is 3. The normalized spacial score (nSPS) is 14.3. The second-order valence-corrected chi connectivity index (χ2v) is 6.31. The summed E-state index contributed by atoms with van der Waals surface area (Å²) in [6.07, 6.45) is 2.35. The number of nitrogens with one attached hydrogen (secondary N) is 1. The van der Waals surface area contributed by atoms with Crippen LogP contribution in [0, 0.1) is 0 Å². The van der Waals surface area contributed by atoms with Gasteiger partial charge in [0.2, 0.25) is 5.95 Å². The zero-order chi connectivity index (χ0) is 16.5. The number of fused-ring (bicyclic) bond motifs is 1. The third kappa shape index (κ3) is 2.83. The van der Waals surface area contributed by atoms with E-state index in [-0.39, 0.29) is 5.75 Å². The summed E-state index contributed by atoms with van der Waals surface area (Å²) in [6, 6.07) is 12.8. The number of nitrogens with zero attached hydrogens (tertiary/aromatic N) is 3. The van der Waals surface area contributed by atoms with E-state index in [0.29, 0.717) is 16.7 Å². The quantitative estimate of drug-likeness (QED) is 0.695. The number of para-hydroxylation sites is 1. The van der Waals surface area contributed by atoms with Crippen LogP contribution in [-0.4, -0.2) is 28.2 Å². The van der Waals surface area contributed by atoms with E-state index in [9.17, 15) is 5.11 Å². The molecule has 2 aromatic carbocycles. The molecule has 6 heteroatoms. The van der Waals surface area contributed by atoms with Crippen molar-refractivity contribution in [1.82, 2.24) is 9.97 Å². The van der Waals surface area contributed by atoms with Gasteiger partial charge in [-0.15, -0.1) is 0 Å². The van der Waals surface area contributed by atoms with E-state index < -0.39 is 0 Å². The van der Waals surface area contributed by atoms with Crippen molar-refractivity contribution >= 4 is 40.0 Å². The minimum atomic E-state index is 0.110. The van der Waals surface area contributed by atoms with Gasteiger partial charge in [0.15, 0.2) is 0 Å². The highest BCUT2D eigenvalue weighted by Crippen LogP contribution is 2.32. The van der Waals surface area contributed by atoms with Gasteiger partial charge in [-0.25, -0.2) is 4.98 Å². The SMILES string of the molecule is Oc1ccc(Cl)cc1Nc1nc(N2CCCC2)c2ccccc2n1. The fourth-order valence-corrected chi connectivity index (χ4v) is 3.19. The van der Waals surface area contributed by atoms with E-state index in [1.807, 2.05) is 24.3 Å². The molecule has 1 aliphatic rings. The van der Waals surface area contributed by atoms with E-state index in [0.717, 1.165) is 29.8 Å². The number of hydrogen-bond acceptors (Lipinski definition) is 5. The van der Waals surface area contributed by atoms with E-state index in [4.69, 9.17) is 16.6 Å². The third-order valence-corrected chi connectivity index (χ3v) is 4.43. The van der Waals surface area contributed by atoms with Gasteiger partial charge < -0.3 is 15.3 Å². The van der Waals surface area contributed by atoms with Crippen LogP contribution in [0.4, 0.5) is 17.5 Å². The largest absolute Gasteiger partial charge is 0.506 e. The second kappa shape index (κ2) is 6.17. The van der Waals surface area contributed by atoms with Gasteiger partial charge in [-0.1, -0.05) is 23.7 Å². The van der Waals surface area contributed by atoms with Crippen molar-refractivity contribution in [3.05, 3.63) is 47.5 Å². The topological polar surface area (TPSA) is 61.3 Å². The van der Waals surface area contributed by atoms with Crippen molar-refractivity contribution < 1.29 is 5.11 Å². The lowest BCUT2D eigenvalue weighted by Gasteiger charge is -2.19. The van der Waals surface area contributed by atoms with Crippen LogP contribution >= 0.6 is 11.6 Å². The molecule has 24 heavy (non-hydrogen) atoms. The smallest absolute Gasteiger partial charge is 0.229 e. The Labute approximate surface area is 144 Å². The van der Waals surface area contributed by atoms with Crippen LogP contribution in [0.2, 0.25) is 5.02 Å². The first kappa shape index (κ1) is 15.0. The first-order chi connectivity index (χ1) is 11.7. The van der Waals surface area contributed by atoms with Gasteiger partial charge in [-0.2, -0.15) is 4.98 Å². The summed E-state index contributed by atoms with van der Waals surface area (Å²) in [5, 5.41) is 14.7. The zero-order valence-corrected chi connectivity index (χ0v) is 13.8. The van der Waals surface area contributed by atoms with Crippen molar-refractivity contribution in [3.8, 4) is 5.75 Å². The van der Waals surface area contributed by atoms with E-state index in [2.05, 4.69) is 15.2 Å². The minimum absolute atomic E-state index is 0.110. The van der Waals surface area contributed by atoms with Gasteiger partial charge in [0.1, 0.15) is 11.6 Å². The van der Waals surface area contributed by atoms with Crippen LogP contribution in [0.25, 0.3) is 10.9 Å². The molecule has 1 aromatic heterocycles. The maximum Gasteiger partial charge on any atom is 0.229 e. The molecule has 5 nitrogen and oxygen atoms in total. The Balaban J connectivity index is 1.79. The highest BCUT2D eigenvalue weighted by atomic mass is 35.5. The first-order valence-corrected chi connectivity index (χ1v) is 8.36. The number of benzene rings is 2. The lowest BCUT2D eigenvalue weighted by atomic mass is 10.2. The Morgan fingerprint density at radius 2 is 1.83 bits per heavy atom. The number of aromatic hydroxyl groups is 1. The van der Waals surface area contributed by atoms with Crippen LogP contribution < -0.4 is 10.2 Å². The van der Waals surface area contributed by atoms with Gasteiger partial charge in [-0.3, -0.25) is 0 Å². The molecule has 1 aliphatic heterocycles. The fourth-order valence-electron chi connectivity index (χ4n) is 3.01. The Morgan fingerprint density at radius 3 is 2.67 bits per heavy atom. The summed E-state index contributed by atoms with van der Waals surface area (Å²) < 4.78 is 0. The van der Waals surface area contributed by atoms with Crippen LogP contribution in [0.3, 0.4) is 0 Å². The summed E-state index contributed by atoms with van der Waals surface area (Å²) >= 11 is 6.01. The standard InChI is InChI=1S/C18H17ClN4O/c19-12-7-8-16(24)15(11-12)21-18-20-14-6-2-1-5-13(14)17(22-18)23-9-3-4-10-23/h1-2,5-8,11,24H,3-4,9-10H2,(H,20,21,22). The van der Waals surface area contributed by atoms with Crippen molar-refractivity contribution in [2.45, 2.75) is 12.8 Å². The second-order valence-electron chi connectivity index (χ2n) is 5.87. The average Bonchev–Trinajstić information content (AvgIpc) is 3.12.